The number of carbonyl (C=O) groups excluding carboxylic acids is 1. The predicted octanol–water partition coefficient (Wildman–Crippen LogP) is 1.89. The summed E-state index contributed by atoms with van der Waals surface area (Å²) in [6.45, 7) is 3.58. The van der Waals surface area contributed by atoms with Gasteiger partial charge in [0.15, 0.2) is 0 Å². The van der Waals surface area contributed by atoms with Crippen molar-refractivity contribution >= 4 is 17.0 Å². The third-order valence-electron chi connectivity index (χ3n) is 4.66. The number of hydrogen-bond donors (Lipinski definition) is 2. The van der Waals surface area contributed by atoms with E-state index in [1.165, 1.54) is 0 Å². The first kappa shape index (κ1) is 16.9. The lowest BCUT2D eigenvalue weighted by atomic mass is 10.0. The number of aliphatic hydroxyl groups excluding tert-OH is 1. The Labute approximate surface area is 140 Å². The van der Waals surface area contributed by atoms with Crippen LogP contribution in [0.5, 0.6) is 0 Å². The van der Waals surface area contributed by atoms with E-state index in [1.54, 1.807) is 27.0 Å². The van der Waals surface area contributed by atoms with Crippen molar-refractivity contribution in [1.82, 2.24) is 15.5 Å². The maximum Gasteiger partial charge on any atom is 0.258 e. The largest absolute Gasteiger partial charge is 0.388 e. The van der Waals surface area contributed by atoms with Crippen molar-refractivity contribution in [2.24, 2.45) is 0 Å². The quantitative estimate of drug-likeness (QED) is 0.833. The van der Waals surface area contributed by atoms with E-state index in [0.29, 0.717) is 28.1 Å². The second-order valence-electron chi connectivity index (χ2n) is 6.39. The highest BCUT2D eigenvalue weighted by Gasteiger charge is 2.32. The van der Waals surface area contributed by atoms with Crippen LogP contribution >= 0.6 is 0 Å². The topological polar surface area (TPSA) is 97.5 Å². The van der Waals surface area contributed by atoms with Crippen LogP contribution in [0.2, 0.25) is 0 Å². The molecule has 7 heteroatoms. The number of fused-ring (bicyclic) bond motifs is 1. The zero-order chi connectivity index (χ0) is 17.3. The summed E-state index contributed by atoms with van der Waals surface area (Å²) in [7, 11) is 1.59. The van der Waals surface area contributed by atoms with E-state index < -0.39 is 6.10 Å². The van der Waals surface area contributed by atoms with E-state index in [1.807, 2.05) is 0 Å². The molecule has 3 atom stereocenters. The van der Waals surface area contributed by atoms with Gasteiger partial charge in [-0.15, -0.1) is 0 Å². The Balaban J connectivity index is 1.88. The number of nitrogens with one attached hydrogen (secondary N) is 1. The zero-order valence-corrected chi connectivity index (χ0v) is 14.2. The molecule has 0 spiro atoms. The Kier molecular flexibility index (Phi) is 4.82. The van der Waals surface area contributed by atoms with E-state index in [9.17, 15) is 9.90 Å². The second-order valence-corrected chi connectivity index (χ2v) is 6.39. The first-order chi connectivity index (χ1) is 11.5. The Morgan fingerprint density at radius 3 is 2.88 bits per heavy atom. The molecule has 2 heterocycles. The minimum absolute atomic E-state index is 0.252. The SMILES string of the molecule is CO[C@@H]1CCCC[C@@H](NC(=O)c2cc(C)nc3onc(C)c23)[C@H]1O. The average molecular weight is 333 g/mol. The fraction of sp³-hybridized carbons (Fsp3) is 0.588. The van der Waals surface area contributed by atoms with Crippen molar-refractivity contribution in [2.45, 2.75) is 57.8 Å². The molecule has 2 aromatic heterocycles. The van der Waals surface area contributed by atoms with Crippen LogP contribution in [-0.2, 0) is 4.74 Å². The minimum Gasteiger partial charge on any atom is -0.388 e. The third-order valence-corrected chi connectivity index (χ3v) is 4.66. The molecule has 2 N–H and O–H groups in total. The van der Waals surface area contributed by atoms with Crippen LogP contribution < -0.4 is 5.32 Å². The van der Waals surface area contributed by atoms with Gasteiger partial charge in [-0.1, -0.05) is 18.0 Å². The number of aromatic nitrogens is 2. The molecule has 0 unspecified atom stereocenters. The Morgan fingerprint density at radius 1 is 1.38 bits per heavy atom. The molecule has 3 rings (SSSR count). The highest BCUT2D eigenvalue weighted by Crippen LogP contribution is 2.24. The molecule has 1 aliphatic rings. The lowest BCUT2D eigenvalue weighted by Gasteiger charge is -2.27. The zero-order valence-electron chi connectivity index (χ0n) is 14.2. The molecule has 1 saturated carbocycles. The summed E-state index contributed by atoms with van der Waals surface area (Å²) in [5.41, 5.74) is 2.13. The molecule has 24 heavy (non-hydrogen) atoms. The second kappa shape index (κ2) is 6.86. The van der Waals surface area contributed by atoms with Crippen molar-refractivity contribution in [3.05, 3.63) is 23.0 Å². The molecular formula is C17H23N3O4. The van der Waals surface area contributed by atoms with Gasteiger partial charge in [-0.25, -0.2) is 4.98 Å². The number of rotatable bonds is 3. The number of hydrogen-bond acceptors (Lipinski definition) is 6. The van der Waals surface area contributed by atoms with Crippen LogP contribution in [0.3, 0.4) is 0 Å². The number of ether oxygens (including phenoxy) is 1. The van der Waals surface area contributed by atoms with Crippen molar-refractivity contribution in [3.63, 3.8) is 0 Å². The van der Waals surface area contributed by atoms with Gasteiger partial charge in [0, 0.05) is 12.8 Å². The molecule has 7 nitrogen and oxygen atoms in total. The molecule has 0 aliphatic heterocycles. The van der Waals surface area contributed by atoms with Crippen molar-refractivity contribution in [1.29, 1.82) is 0 Å². The number of methoxy groups -OCH3 is 1. The van der Waals surface area contributed by atoms with Crippen LogP contribution in [0.25, 0.3) is 11.1 Å². The fourth-order valence-electron chi connectivity index (χ4n) is 3.37. The molecule has 130 valence electrons. The van der Waals surface area contributed by atoms with Gasteiger partial charge in [0.25, 0.3) is 11.6 Å². The first-order valence-electron chi connectivity index (χ1n) is 8.26. The Morgan fingerprint density at radius 2 is 2.12 bits per heavy atom. The van der Waals surface area contributed by atoms with E-state index >= 15 is 0 Å². The number of aliphatic hydroxyl groups is 1. The van der Waals surface area contributed by atoms with E-state index in [-0.39, 0.29) is 18.1 Å². The van der Waals surface area contributed by atoms with Crippen LogP contribution in [0.4, 0.5) is 0 Å². The summed E-state index contributed by atoms with van der Waals surface area (Å²) in [6, 6.07) is 1.38. The predicted molar refractivity (Wildman–Crippen MR) is 87.8 cm³/mol. The van der Waals surface area contributed by atoms with Gasteiger partial charge in [-0.2, -0.15) is 0 Å². The molecule has 1 amide bonds. The molecule has 1 aliphatic carbocycles. The summed E-state index contributed by atoms with van der Waals surface area (Å²) in [5, 5.41) is 18.0. The van der Waals surface area contributed by atoms with Gasteiger partial charge in [0.1, 0.15) is 6.10 Å². The highest BCUT2D eigenvalue weighted by molar-refractivity contribution is 6.06. The first-order valence-corrected chi connectivity index (χ1v) is 8.26. The molecule has 0 radical (unpaired) electrons. The lowest BCUT2D eigenvalue weighted by Crippen LogP contribution is -2.48. The van der Waals surface area contributed by atoms with E-state index in [0.717, 1.165) is 25.7 Å². The Bertz CT molecular complexity index is 743. The van der Waals surface area contributed by atoms with E-state index in [4.69, 9.17) is 9.26 Å². The maximum absolute atomic E-state index is 12.8. The molecule has 2 aromatic rings. The van der Waals surface area contributed by atoms with E-state index in [2.05, 4.69) is 15.5 Å². The van der Waals surface area contributed by atoms with Gasteiger partial charge < -0.3 is 19.7 Å². The number of aryl methyl sites for hydroxylation is 2. The normalized spacial score (nSPS) is 24.8. The number of nitrogens with zero attached hydrogens (tertiary/aromatic N) is 2. The van der Waals surface area contributed by atoms with Crippen LogP contribution in [0, 0.1) is 13.8 Å². The van der Waals surface area contributed by atoms with Gasteiger partial charge in [0.05, 0.1) is 28.8 Å². The van der Waals surface area contributed by atoms with Crippen molar-refractivity contribution in [2.75, 3.05) is 7.11 Å². The van der Waals surface area contributed by atoms with Gasteiger partial charge in [-0.05, 0) is 32.8 Å². The summed E-state index contributed by atoms with van der Waals surface area (Å²) < 4.78 is 10.5. The maximum atomic E-state index is 12.8. The van der Waals surface area contributed by atoms with Crippen molar-refractivity contribution < 1.29 is 19.2 Å². The van der Waals surface area contributed by atoms with Crippen molar-refractivity contribution in [3.8, 4) is 0 Å². The highest BCUT2D eigenvalue weighted by atomic mass is 16.5. The van der Waals surface area contributed by atoms with Gasteiger partial charge in [-0.3, -0.25) is 4.79 Å². The molecular weight excluding hydrogens is 310 g/mol. The van der Waals surface area contributed by atoms with Crippen LogP contribution in [-0.4, -0.2) is 46.5 Å². The van der Waals surface area contributed by atoms with Crippen LogP contribution in [0.1, 0.15) is 47.4 Å². The number of pyridine rings is 1. The smallest absolute Gasteiger partial charge is 0.258 e. The number of amides is 1. The third kappa shape index (κ3) is 3.14. The fourth-order valence-corrected chi connectivity index (χ4v) is 3.37. The molecule has 0 aromatic carbocycles. The van der Waals surface area contributed by atoms with Gasteiger partial charge >= 0.3 is 0 Å². The monoisotopic (exact) mass is 333 g/mol. The molecule has 1 fully saturated rings. The summed E-state index contributed by atoms with van der Waals surface area (Å²) in [6.07, 6.45) is 2.47. The minimum atomic E-state index is -0.719. The average Bonchev–Trinajstić information content (AvgIpc) is 2.83. The molecule has 0 saturated heterocycles. The summed E-state index contributed by atoms with van der Waals surface area (Å²) >= 11 is 0. The number of carbonyl (C=O) groups is 1. The summed E-state index contributed by atoms with van der Waals surface area (Å²) in [5.74, 6) is -0.252. The molecule has 0 bridgehead atoms. The summed E-state index contributed by atoms with van der Waals surface area (Å²) in [4.78, 5) is 17.1. The van der Waals surface area contributed by atoms with Crippen LogP contribution in [0.15, 0.2) is 10.6 Å². The Hall–Kier alpha value is -1.99. The standard InChI is InChI=1S/C17H23N3O4/c1-9-8-11(14-10(2)20-24-17(14)18-9)16(22)19-12-6-4-5-7-13(23-3)15(12)21/h8,12-13,15,21H,4-7H2,1-3H3,(H,19,22)/t12-,13-,15-/m1/s1. The lowest BCUT2D eigenvalue weighted by molar-refractivity contribution is -0.0277. The van der Waals surface area contributed by atoms with Gasteiger partial charge in [0.2, 0.25) is 0 Å².